The van der Waals surface area contributed by atoms with Gasteiger partial charge >= 0.3 is 0 Å². The van der Waals surface area contributed by atoms with E-state index in [9.17, 15) is 4.79 Å². The number of carbonyl (C=O) groups is 1. The Hall–Kier alpha value is -2.71. The summed E-state index contributed by atoms with van der Waals surface area (Å²) in [5, 5.41) is 9.42. The smallest absolute Gasteiger partial charge is 0.276 e. The van der Waals surface area contributed by atoms with E-state index in [1.807, 2.05) is 41.8 Å². The molecule has 3 aromatic rings. The highest BCUT2D eigenvalue weighted by molar-refractivity contribution is 7.13. The summed E-state index contributed by atoms with van der Waals surface area (Å²) in [4.78, 5) is 17.6. The molecule has 2 heterocycles. The van der Waals surface area contributed by atoms with Crippen LogP contribution in [-0.2, 0) is 11.3 Å². The molecule has 0 atom stereocenters. The quantitative estimate of drug-likeness (QED) is 0.700. The normalized spacial score (nSPS) is 10.6. The highest BCUT2D eigenvalue weighted by atomic mass is 32.1. The minimum atomic E-state index is -0.282. The first-order chi connectivity index (χ1) is 12.2. The van der Waals surface area contributed by atoms with Crippen molar-refractivity contribution in [3.05, 3.63) is 47.3 Å². The molecule has 0 aliphatic carbocycles. The second-order valence-electron chi connectivity index (χ2n) is 5.18. The summed E-state index contributed by atoms with van der Waals surface area (Å²) in [7, 11) is 3.10. The molecule has 0 radical (unpaired) electrons. The van der Waals surface area contributed by atoms with Crippen molar-refractivity contribution in [2.45, 2.75) is 6.54 Å². The molecule has 0 aliphatic heterocycles. The topological polar surface area (TPSA) is 78.3 Å². The number of ether oxygens (including phenoxy) is 2. The van der Waals surface area contributed by atoms with Crippen LogP contribution in [0.5, 0.6) is 5.75 Å². The number of hydrogen-bond donors (Lipinski definition) is 1. The largest absolute Gasteiger partial charge is 0.497 e. The molecule has 130 valence electrons. The molecule has 0 bridgehead atoms. The van der Waals surface area contributed by atoms with Crippen molar-refractivity contribution in [3.63, 3.8) is 0 Å². The molecule has 0 spiro atoms. The van der Waals surface area contributed by atoms with E-state index in [0.717, 1.165) is 16.2 Å². The zero-order valence-corrected chi connectivity index (χ0v) is 14.7. The van der Waals surface area contributed by atoms with Crippen molar-refractivity contribution in [2.24, 2.45) is 0 Å². The molecule has 7 nitrogen and oxygen atoms in total. The van der Waals surface area contributed by atoms with Gasteiger partial charge in [-0.3, -0.25) is 4.79 Å². The fourth-order valence-corrected chi connectivity index (χ4v) is 2.87. The Bertz CT molecular complexity index is 828. The molecule has 0 amide bonds. The molecule has 0 aliphatic rings. The zero-order chi connectivity index (χ0) is 17.6. The Morgan fingerprint density at radius 2 is 2.04 bits per heavy atom. The molecular weight excluding hydrogens is 340 g/mol. The van der Waals surface area contributed by atoms with Crippen LogP contribution in [-0.4, -0.2) is 41.5 Å². The van der Waals surface area contributed by atoms with Gasteiger partial charge in [0.15, 0.2) is 5.82 Å². The first-order valence-electron chi connectivity index (χ1n) is 7.61. The van der Waals surface area contributed by atoms with E-state index < -0.39 is 0 Å². The number of nitrogens with one attached hydrogen (secondary N) is 1. The van der Waals surface area contributed by atoms with Crippen LogP contribution < -0.4 is 10.1 Å². The number of carbonyl (C=O) groups excluding carboxylic acids is 1. The Balaban J connectivity index is 1.81. The lowest BCUT2D eigenvalue weighted by Crippen LogP contribution is -2.20. The van der Waals surface area contributed by atoms with Crippen molar-refractivity contribution >= 4 is 23.2 Å². The fraction of sp³-hybridized carbons (Fsp3) is 0.235. The van der Waals surface area contributed by atoms with E-state index in [0.29, 0.717) is 18.3 Å². The van der Waals surface area contributed by atoms with Gasteiger partial charge in [0, 0.05) is 13.7 Å². The maximum atomic E-state index is 12.2. The highest BCUT2D eigenvalue weighted by Crippen LogP contribution is 2.23. The van der Waals surface area contributed by atoms with Crippen LogP contribution >= 0.6 is 11.3 Å². The van der Waals surface area contributed by atoms with Crippen molar-refractivity contribution < 1.29 is 14.3 Å². The van der Waals surface area contributed by atoms with Gasteiger partial charge in [0.1, 0.15) is 12.4 Å². The number of thiophene rings is 1. The Morgan fingerprint density at radius 1 is 1.24 bits per heavy atom. The van der Waals surface area contributed by atoms with E-state index in [1.54, 1.807) is 7.11 Å². The predicted octanol–water partition coefficient (Wildman–Crippen LogP) is 2.91. The lowest BCUT2D eigenvalue weighted by Gasteiger charge is -2.07. The van der Waals surface area contributed by atoms with E-state index in [2.05, 4.69) is 15.4 Å². The Morgan fingerprint density at radius 3 is 2.68 bits per heavy atom. The molecule has 8 heteroatoms. The minimum Gasteiger partial charge on any atom is -0.497 e. The number of nitrogens with zero attached hydrogens (tertiary/aromatic N) is 3. The number of benzene rings is 1. The fourth-order valence-electron chi connectivity index (χ4n) is 2.22. The Kier molecular flexibility index (Phi) is 5.42. The van der Waals surface area contributed by atoms with Crippen LogP contribution in [0, 0.1) is 0 Å². The molecule has 0 fully saturated rings. The minimum absolute atomic E-state index is 0.0650. The summed E-state index contributed by atoms with van der Waals surface area (Å²) in [6, 6.07) is 11.5. The van der Waals surface area contributed by atoms with Gasteiger partial charge in [0.25, 0.3) is 5.91 Å². The summed E-state index contributed by atoms with van der Waals surface area (Å²) < 4.78 is 11.3. The number of methoxy groups -OCH3 is 2. The van der Waals surface area contributed by atoms with Crippen LogP contribution in [0.15, 0.2) is 41.8 Å². The number of rotatable bonds is 7. The lowest BCUT2D eigenvalue weighted by molar-refractivity contribution is 0.0748. The average molecular weight is 358 g/mol. The SMILES string of the molecule is COCC(=O)n1nc(-c2cccs2)nc1NCc1ccc(OC)cc1. The van der Waals surface area contributed by atoms with Crippen LogP contribution in [0.2, 0.25) is 0 Å². The van der Waals surface area contributed by atoms with Gasteiger partial charge in [-0.1, -0.05) is 18.2 Å². The molecule has 0 saturated heterocycles. The summed E-state index contributed by atoms with van der Waals surface area (Å²) in [5.74, 6) is 1.41. The maximum Gasteiger partial charge on any atom is 0.276 e. The van der Waals surface area contributed by atoms with E-state index in [1.165, 1.54) is 23.1 Å². The van der Waals surface area contributed by atoms with E-state index in [-0.39, 0.29) is 12.5 Å². The zero-order valence-electron chi connectivity index (χ0n) is 13.9. The third-order valence-corrected chi connectivity index (χ3v) is 4.33. The van der Waals surface area contributed by atoms with Gasteiger partial charge < -0.3 is 14.8 Å². The summed E-state index contributed by atoms with van der Waals surface area (Å²) in [6.07, 6.45) is 0. The summed E-state index contributed by atoms with van der Waals surface area (Å²) >= 11 is 1.52. The highest BCUT2D eigenvalue weighted by Gasteiger charge is 2.17. The maximum absolute atomic E-state index is 12.2. The van der Waals surface area contributed by atoms with Crippen LogP contribution in [0.1, 0.15) is 10.4 Å². The summed E-state index contributed by atoms with van der Waals surface area (Å²) in [6.45, 7) is 0.442. The Labute approximate surface area is 149 Å². The van der Waals surface area contributed by atoms with E-state index >= 15 is 0 Å². The standard InChI is InChI=1S/C17H18N4O3S/c1-23-11-15(22)21-17(19-16(20-21)14-4-3-9-25-14)18-10-12-5-7-13(24-2)8-6-12/h3-9H,10-11H2,1-2H3,(H,18,19,20). The monoisotopic (exact) mass is 358 g/mol. The molecule has 3 rings (SSSR count). The number of hydrogen-bond acceptors (Lipinski definition) is 7. The van der Waals surface area contributed by atoms with Crippen molar-refractivity contribution in [1.29, 1.82) is 0 Å². The number of anilines is 1. The average Bonchev–Trinajstić information content (AvgIpc) is 3.30. The van der Waals surface area contributed by atoms with Crippen molar-refractivity contribution in [1.82, 2.24) is 14.8 Å². The third-order valence-electron chi connectivity index (χ3n) is 3.46. The van der Waals surface area contributed by atoms with Crippen molar-refractivity contribution in [2.75, 3.05) is 26.1 Å². The van der Waals surface area contributed by atoms with Crippen LogP contribution in [0.4, 0.5) is 5.95 Å². The van der Waals surface area contributed by atoms with Gasteiger partial charge in [-0.15, -0.1) is 16.4 Å². The molecule has 0 unspecified atom stereocenters. The van der Waals surface area contributed by atoms with Gasteiger partial charge in [0.2, 0.25) is 5.95 Å². The van der Waals surface area contributed by atoms with Crippen LogP contribution in [0.25, 0.3) is 10.7 Å². The first kappa shape index (κ1) is 17.1. The van der Waals surface area contributed by atoms with Gasteiger partial charge in [-0.2, -0.15) is 9.67 Å². The van der Waals surface area contributed by atoms with Crippen molar-refractivity contribution in [3.8, 4) is 16.5 Å². The second-order valence-corrected chi connectivity index (χ2v) is 6.12. The van der Waals surface area contributed by atoms with Gasteiger partial charge in [-0.25, -0.2) is 0 Å². The van der Waals surface area contributed by atoms with Gasteiger partial charge in [0.05, 0.1) is 12.0 Å². The number of aromatic nitrogens is 3. The van der Waals surface area contributed by atoms with E-state index in [4.69, 9.17) is 9.47 Å². The third kappa shape index (κ3) is 4.04. The molecule has 1 N–H and O–H groups in total. The predicted molar refractivity (Wildman–Crippen MR) is 96.2 cm³/mol. The molecule has 2 aromatic heterocycles. The second kappa shape index (κ2) is 7.91. The molecule has 1 aromatic carbocycles. The van der Waals surface area contributed by atoms with Crippen LogP contribution in [0.3, 0.4) is 0 Å². The van der Waals surface area contributed by atoms with Gasteiger partial charge in [-0.05, 0) is 29.1 Å². The molecular formula is C17H18N4O3S. The molecule has 0 saturated carbocycles. The molecule has 25 heavy (non-hydrogen) atoms. The lowest BCUT2D eigenvalue weighted by atomic mass is 10.2. The first-order valence-corrected chi connectivity index (χ1v) is 8.49. The summed E-state index contributed by atoms with van der Waals surface area (Å²) in [5.41, 5.74) is 1.03.